The number of alkyl halides is 3. The molecule has 1 unspecified atom stereocenters. The van der Waals surface area contributed by atoms with Crippen molar-refractivity contribution in [3.63, 3.8) is 0 Å². The fraction of sp³-hybridized carbons (Fsp3) is 0.929. The van der Waals surface area contributed by atoms with E-state index in [2.05, 4.69) is 10.2 Å². The molecule has 22 heavy (non-hydrogen) atoms. The molecule has 0 bridgehead atoms. The van der Waals surface area contributed by atoms with Crippen LogP contribution in [0.1, 0.15) is 26.7 Å². The van der Waals surface area contributed by atoms with Gasteiger partial charge < -0.3 is 10.1 Å². The van der Waals surface area contributed by atoms with Gasteiger partial charge in [0, 0.05) is 31.7 Å². The highest BCUT2D eigenvalue weighted by Crippen LogP contribution is 2.23. The Morgan fingerprint density at radius 2 is 1.86 bits per heavy atom. The SMILES string of the molecule is CC(C)N1CCN(C2CCNCC2)CC1OC(=O)C(F)(F)F. The lowest BCUT2D eigenvalue weighted by atomic mass is 10.0. The zero-order valence-electron chi connectivity index (χ0n) is 13.0. The summed E-state index contributed by atoms with van der Waals surface area (Å²) in [6, 6.07) is 0.379. The smallest absolute Gasteiger partial charge is 0.438 e. The third kappa shape index (κ3) is 4.33. The van der Waals surface area contributed by atoms with Crippen molar-refractivity contribution in [3.05, 3.63) is 0 Å². The highest BCUT2D eigenvalue weighted by atomic mass is 19.4. The molecule has 0 aromatic heterocycles. The Hall–Kier alpha value is -0.860. The van der Waals surface area contributed by atoms with Crippen LogP contribution in [0.3, 0.4) is 0 Å². The first-order chi connectivity index (χ1) is 10.3. The van der Waals surface area contributed by atoms with Crippen LogP contribution in [0.4, 0.5) is 13.2 Å². The van der Waals surface area contributed by atoms with Crippen molar-refractivity contribution in [1.82, 2.24) is 15.1 Å². The van der Waals surface area contributed by atoms with Gasteiger partial charge >= 0.3 is 12.1 Å². The van der Waals surface area contributed by atoms with Crippen molar-refractivity contribution in [1.29, 1.82) is 0 Å². The van der Waals surface area contributed by atoms with Gasteiger partial charge in [-0.3, -0.25) is 9.80 Å². The van der Waals surface area contributed by atoms with Crippen molar-refractivity contribution < 1.29 is 22.7 Å². The predicted molar refractivity (Wildman–Crippen MR) is 75.2 cm³/mol. The van der Waals surface area contributed by atoms with Gasteiger partial charge in [-0.15, -0.1) is 0 Å². The minimum absolute atomic E-state index is 0.0289. The summed E-state index contributed by atoms with van der Waals surface area (Å²) in [7, 11) is 0. The highest BCUT2D eigenvalue weighted by Gasteiger charge is 2.44. The van der Waals surface area contributed by atoms with E-state index in [1.54, 1.807) is 0 Å². The molecule has 2 fully saturated rings. The molecule has 0 spiro atoms. The maximum absolute atomic E-state index is 12.5. The van der Waals surface area contributed by atoms with Crippen LogP contribution in [0.2, 0.25) is 0 Å². The summed E-state index contributed by atoms with van der Waals surface area (Å²) in [6.07, 6.45) is -3.83. The first-order valence-electron chi connectivity index (χ1n) is 7.77. The van der Waals surface area contributed by atoms with Crippen LogP contribution >= 0.6 is 0 Å². The van der Waals surface area contributed by atoms with Gasteiger partial charge in [0.2, 0.25) is 0 Å². The van der Waals surface area contributed by atoms with Crippen molar-refractivity contribution in [2.45, 2.75) is 51.2 Å². The van der Waals surface area contributed by atoms with Crippen molar-refractivity contribution >= 4 is 5.97 Å². The van der Waals surface area contributed by atoms with Crippen LogP contribution in [-0.2, 0) is 9.53 Å². The van der Waals surface area contributed by atoms with Crippen LogP contribution in [0.15, 0.2) is 0 Å². The summed E-state index contributed by atoms with van der Waals surface area (Å²) in [6.45, 7) is 7.37. The topological polar surface area (TPSA) is 44.8 Å². The largest absolute Gasteiger partial charge is 0.490 e. The number of hydrogen-bond donors (Lipinski definition) is 1. The summed E-state index contributed by atoms with van der Waals surface area (Å²) in [4.78, 5) is 15.2. The summed E-state index contributed by atoms with van der Waals surface area (Å²) in [5.41, 5.74) is 0. The van der Waals surface area contributed by atoms with Crippen LogP contribution < -0.4 is 5.32 Å². The molecular formula is C14H24F3N3O2. The van der Waals surface area contributed by atoms with Crippen LogP contribution in [0, 0.1) is 0 Å². The van der Waals surface area contributed by atoms with E-state index in [-0.39, 0.29) is 6.04 Å². The summed E-state index contributed by atoms with van der Waals surface area (Å²) in [5.74, 6) is -2.10. The average molecular weight is 323 g/mol. The van der Waals surface area contributed by atoms with E-state index in [0.29, 0.717) is 19.1 Å². The molecule has 0 radical (unpaired) electrons. The van der Waals surface area contributed by atoms with E-state index in [1.165, 1.54) is 0 Å². The highest BCUT2D eigenvalue weighted by molar-refractivity contribution is 5.75. The second kappa shape index (κ2) is 7.14. The summed E-state index contributed by atoms with van der Waals surface area (Å²) < 4.78 is 42.2. The number of piperidine rings is 1. The molecule has 2 saturated heterocycles. The van der Waals surface area contributed by atoms with E-state index in [4.69, 9.17) is 4.74 Å². The molecule has 0 aliphatic carbocycles. The number of carbonyl (C=O) groups excluding carboxylic acids is 1. The number of esters is 1. The van der Waals surface area contributed by atoms with Gasteiger partial charge in [-0.2, -0.15) is 13.2 Å². The Bertz CT molecular complexity index is 384. The van der Waals surface area contributed by atoms with Crippen molar-refractivity contribution in [3.8, 4) is 0 Å². The monoisotopic (exact) mass is 323 g/mol. The second-order valence-electron chi connectivity index (χ2n) is 6.17. The number of hydrogen-bond acceptors (Lipinski definition) is 5. The fourth-order valence-electron chi connectivity index (χ4n) is 3.17. The average Bonchev–Trinajstić information content (AvgIpc) is 2.47. The Morgan fingerprint density at radius 3 is 2.41 bits per heavy atom. The molecule has 2 rings (SSSR count). The van der Waals surface area contributed by atoms with Gasteiger partial charge in [-0.1, -0.05) is 0 Å². The summed E-state index contributed by atoms with van der Waals surface area (Å²) >= 11 is 0. The molecule has 2 aliphatic rings. The van der Waals surface area contributed by atoms with E-state index in [1.807, 2.05) is 18.7 Å². The zero-order valence-corrected chi connectivity index (χ0v) is 13.0. The van der Waals surface area contributed by atoms with Crippen molar-refractivity contribution in [2.24, 2.45) is 0 Å². The Kier molecular flexibility index (Phi) is 5.68. The zero-order chi connectivity index (χ0) is 16.3. The fourth-order valence-corrected chi connectivity index (χ4v) is 3.17. The molecule has 1 N–H and O–H groups in total. The normalized spacial score (nSPS) is 26.4. The van der Waals surface area contributed by atoms with E-state index in [0.717, 1.165) is 32.5 Å². The number of piperazine rings is 1. The van der Waals surface area contributed by atoms with Gasteiger partial charge in [-0.05, 0) is 39.8 Å². The standard InChI is InChI=1S/C14H24F3N3O2/c1-10(2)20-8-7-19(11-3-5-18-6-4-11)9-12(20)22-13(21)14(15,16)17/h10-12,18H,3-9H2,1-2H3. The molecule has 8 heteroatoms. The summed E-state index contributed by atoms with van der Waals surface area (Å²) in [5, 5.41) is 3.27. The lowest BCUT2D eigenvalue weighted by molar-refractivity contribution is -0.219. The van der Waals surface area contributed by atoms with Gasteiger partial charge in [-0.25, -0.2) is 4.79 Å². The lowest BCUT2D eigenvalue weighted by Crippen LogP contribution is -2.60. The van der Waals surface area contributed by atoms with Gasteiger partial charge in [0.15, 0.2) is 6.23 Å². The molecule has 0 aromatic rings. The van der Waals surface area contributed by atoms with Gasteiger partial charge in [0.25, 0.3) is 0 Å². The molecule has 2 aliphatic heterocycles. The van der Waals surface area contributed by atoms with Gasteiger partial charge in [0.05, 0.1) is 0 Å². The molecule has 0 amide bonds. The molecule has 128 valence electrons. The first kappa shape index (κ1) is 17.5. The molecule has 0 saturated carbocycles. The first-order valence-corrected chi connectivity index (χ1v) is 7.77. The number of carbonyl (C=O) groups is 1. The van der Waals surface area contributed by atoms with Crippen LogP contribution in [0.25, 0.3) is 0 Å². The molecule has 0 aromatic carbocycles. The Labute approximate surface area is 128 Å². The van der Waals surface area contributed by atoms with E-state index < -0.39 is 18.4 Å². The number of ether oxygens (including phenoxy) is 1. The Balaban J connectivity index is 2.02. The van der Waals surface area contributed by atoms with Crippen LogP contribution in [0.5, 0.6) is 0 Å². The molecule has 5 nitrogen and oxygen atoms in total. The maximum Gasteiger partial charge on any atom is 0.490 e. The van der Waals surface area contributed by atoms with E-state index in [9.17, 15) is 18.0 Å². The molecule has 2 heterocycles. The van der Waals surface area contributed by atoms with E-state index >= 15 is 0 Å². The minimum atomic E-state index is -4.94. The maximum atomic E-state index is 12.5. The number of halogens is 3. The number of nitrogens with one attached hydrogen (secondary N) is 1. The Morgan fingerprint density at radius 1 is 1.23 bits per heavy atom. The third-order valence-corrected chi connectivity index (χ3v) is 4.37. The predicted octanol–water partition coefficient (Wildman–Crippen LogP) is 1.20. The third-order valence-electron chi connectivity index (χ3n) is 4.37. The van der Waals surface area contributed by atoms with Crippen molar-refractivity contribution in [2.75, 3.05) is 32.7 Å². The molecular weight excluding hydrogens is 299 g/mol. The number of nitrogens with zero attached hydrogens (tertiary/aromatic N) is 2. The lowest BCUT2D eigenvalue weighted by Gasteiger charge is -2.46. The number of rotatable bonds is 3. The quantitative estimate of drug-likeness (QED) is 0.791. The second-order valence-corrected chi connectivity index (χ2v) is 6.17. The van der Waals surface area contributed by atoms with Gasteiger partial charge in [0.1, 0.15) is 0 Å². The minimum Gasteiger partial charge on any atom is -0.438 e. The van der Waals surface area contributed by atoms with Crippen LogP contribution in [-0.4, -0.2) is 73.0 Å². The molecule has 1 atom stereocenters.